The Morgan fingerprint density at radius 2 is 2.04 bits per heavy atom. The third kappa shape index (κ3) is 3.60. The third-order valence-corrected chi connectivity index (χ3v) is 6.37. The minimum Gasteiger partial charge on any atom is -0.469 e. The van der Waals surface area contributed by atoms with Crippen LogP contribution in [-0.4, -0.2) is 30.5 Å². The van der Waals surface area contributed by atoms with Gasteiger partial charge >= 0.3 is 5.97 Å². The molecule has 0 aliphatic heterocycles. The van der Waals surface area contributed by atoms with E-state index in [9.17, 15) is 9.59 Å². The highest BCUT2D eigenvalue weighted by atomic mass is 35.5. The first kappa shape index (κ1) is 19.2. The molecule has 2 aliphatic carbocycles. The molecule has 4 rings (SSSR count). The number of amides is 1. The summed E-state index contributed by atoms with van der Waals surface area (Å²) >= 11 is 6.20. The number of hydrogen-bond acceptors (Lipinski definition) is 4. The molecule has 2 atom stereocenters. The van der Waals surface area contributed by atoms with Crippen LogP contribution in [-0.2, 0) is 22.4 Å². The second kappa shape index (κ2) is 8.08. The maximum atomic E-state index is 13.2. The van der Waals surface area contributed by atoms with Gasteiger partial charge in [0.2, 0.25) is 0 Å². The van der Waals surface area contributed by atoms with Crippen molar-refractivity contribution in [3.8, 4) is 0 Å². The highest BCUT2D eigenvalue weighted by Crippen LogP contribution is 2.33. The Hall–Kier alpha value is -2.14. The summed E-state index contributed by atoms with van der Waals surface area (Å²) < 4.78 is 4.97. The van der Waals surface area contributed by atoms with Gasteiger partial charge in [-0.2, -0.15) is 0 Å². The molecule has 1 aromatic heterocycles. The highest BCUT2D eigenvalue weighted by Gasteiger charge is 2.32. The number of benzene rings is 1. The minimum absolute atomic E-state index is 0.0954. The number of carbonyl (C=O) groups is 2. The Labute approximate surface area is 169 Å². The van der Waals surface area contributed by atoms with Gasteiger partial charge in [0.1, 0.15) is 0 Å². The Kier molecular flexibility index (Phi) is 5.54. The van der Waals surface area contributed by atoms with Gasteiger partial charge < -0.3 is 10.1 Å². The largest absolute Gasteiger partial charge is 0.469 e. The van der Waals surface area contributed by atoms with E-state index in [1.807, 2.05) is 18.2 Å². The molecular weight excluding hydrogens is 376 g/mol. The minimum atomic E-state index is -0.166. The molecule has 6 heteroatoms. The van der Waals surface area contributed by atoms with Gasteiger partial charge in [0.05, 0.1) is 24.1 Å². The zero-order valence-corrected chi connectivity index (χ0v) is 16.8. The summed E-state index contributed by atoms with van der Waals surface area (Å²) in [5.41, 5.74) is 3.57. The van der Waals surface area contributed by atoms with Crippen LogP contribution in [0.1, 0.15) is 53.7 Å². The van der Waals surface area contributed by atoms with Gasteiger partial charge in [-0.05, 0) is 61.8 Å². The number of nitrogens with zero attached hydrogens (tertiary/aromatic N) is 1. The van der Waals surface area contributed by atoms with Gasteiger partial charge in [0, 0.05) is 22.6 Å². The first-order chi connectivity index (χ1) is 13.6. The first-order valence-electron chi connectivity index (χ1n) is 10.1. The van der Waals surface area contributed by atoms with Crippen LogP contribution >= 0.6 is 11.6 Å². The zero-order valence-electron chi connectivity index (χ0n) is 16.1. The fraction of sp³-hybridized carbons (Fsp3) is 0.500. The van der Waals surface area contributed by atoms with Crippen LogP contribution < -0.4 is 5.32 Å². The number of hydrogen-bond donors (Lipinski definition) is 1. The average Bonchev–Trinajstić information content (AvgIpc) is 3.18. The molecule has 2 unspecified atom stereocenters. The van der Waals surface area contributed by atoms with Crippen molar-refractivity contribution in [2.45, 2.75) is 44.9 Å². The van der Waals surface area contributed by atoms with Gasteiger partial charge in [-0.1, -0.05) is 24.4 Å². The Morgan fingerprint density at radius 1 is 1.21 bits per heavy atom. The lowest BCUT2D eigenvalue weighted by Gasteiger charge is -2.29. The second-order valence-electron chi connectivity index (χ2n) is 7.81. The smallest absolute Gasteiger partial charge is 0.309 e. The molecule has 1 aromatic carbocycles. The fourth-order valence-electron chi connectivity index (χ4n) is 4.72. The quantitative estimate of drug-likeness (QED) is 0.785. The number of halogens is 1. The number of esters is 1. The van der Waals surface area contributed by atoms with Gasteiger partial charge in [-0.3, -0.25) is 14.6 Å². The van der Waals surface area contributed by atoms with Crippen molar-refractivity contribution >= 4 is 34.4 Å². The van der Waals surface area contributed by atoms with Crippen LogP contribution in [0.2, 0.25) is 5.02 Å². The Bertz CT molecular complexity index is 928. The summed E-state index contributed by atoms with van der Waals surface area (Å²) in [6, 6.07) is 5.51. The predicted octanol–water partition coefficient (Wildman–Crippen LogP) is 4.09. The molecule has 2 aliphatic rings. The molecule has 0 saturated heterocycles. The fourth-order valence-corrected chi connectivity index (χ4v) is 4.89. The standard InChI is InChI=1S/C22H25ClN2O3/c1-28-22(27)15-6-3-2-5-13(15)12-24-21(26)20-16-7-4-8-18(16)25-19-10-9-14(23)11-17(19)20/h9-11,13,15H,2-8,12H2,1H3,(H,24,26). The van der Waals surface area contributed by atoms with E-state index in [0.29, 0.717) is 17.1 Å². The molecule has 1 fully saturated rings. The number of aromatic nitrogens is 1. The molecule has 0 radical (unpaired) electrons. The van der Waals surface area contributed by atoms with Crippen molar-refractivity contribution < 1.29 is 14.3 Å². The molecule has 0 spiro atoms. The maximum absolute atomic E-state index is 13.2. The van der Waals surface area contributed by atoms with Crippen LogP contribution in [0.15, 0.2) is 18.2 Å². The number of aryl methyl sites for hydroxylation is 1. The van der Waals surface area contributed by atoms with Crippen LogP contribution in [0.4, 0.5) is 0 Å². The topological polar surface area (TPSA) is 68.3 Å². The Morgan fingerprint density at radius 3 is 2.86 bits per heavy atom. The van der Waals surface area contributed by atoms with E-state index < -0.39 is 0 Å². The first-order valence-corrected chi connectivity index (χ1v) is 10.4. The van der Waals surface area contributed by atoms with Crippen LogP contribution in [0, 0.1) is 11.8 Å². The van der Waals surface area contributed by atoms with E-state index in [0.717, 1.165) is 67.1 Å². The molecular formula is C22H25ClN2O3. The number of nitrogens with one attached hydrogen (secondary N) is 1. The van der Waals surface area contributed by atoms with E-state index in [1.54, 1.807) is 0 Å². The van der Waals surface area contributed by atoms with Crippen molar-refractivity contribution in [1.82, 2.24) is 10.3 Å². The van der Waals surface area contributed by atoms with Crippen LogP contribution in [0.3, 0.4) is 0 Å². The normalized spacial score (nSPS) is 21.4. The average molecular weight is 401 g/mol. The molecule has 5 nitrogen and oxygen atoms in total. The highest BCUT2D eigenvalue weighted by molar-refractivity contribution is 6.31. The monoisotopic (exact) mass is 400 g/mol. The van der Waals surface area contributed by atoms with Crippen molar-refractivity contribution in [2.75, 3.05) is 13.7 Å². The molecule has 28 heavy (non-hydrogen) atoms. The predicted molar refractivity (Wildman–Crippen MR) is 109 cm³/mol. The van der Waals surface area contributed by atoms with E-state index in [2.05, 4.69) is 5.32 Å². The van der Waals surface area contributed by atoms with Crippen molar-refractivity contribution in [3.63, 3.8) is 0 Å². The summed E-state index contributed by atoms with van der Waals surface area (Å²) in [7, 11) is 1.43. The van der Waals surface area contributed by atoms with E-state index in [-0.39, 0.29) is 23.7 Å². The maximum Gasteiger partial charge on any atom is 0.309 e. The number of methoxy groups -OCH3 is 1. The lowest BCUT2D eigenvalue weighted by molar-refractivity contribution is -0.148. The van der Waals surface area contributed by atoms with E-state index in [4.69, 9.17) is 21.3 Å². The molecule has 1 N–H and O–H groups in total. The second-order valence-corrected chi connectivity index (χ2v) is 8.25. The van der Waals surface area contributed by atoms with Gasteiger partial charge in [-0.15, -0.1) is 0 Å². The lowest BCUT2D eigenvalue weighted by Crippen LogP contribution is -2.38. The number of pyridine rings is 1. The Balaban J connectivity index is 1.61. The van der Waals surface area contributed by atoms with Gasteiger partial charge in [0.15, 0.2) is 0 Å². The van der Waals surface area contributed by atoms with Crippen LogP contribution in [0.25, 0.3) is 10.9 Å². The third-order valence-electron chi connectivity index (χ3n) is 6.14. The molecule has 1 heterocycles. The number of carbonyl (C=O) groups excluding carboxylic acids is 2. The summed E-state index contributed by atoms with van der Waals surface area (Å²) in [6.07, 6.45) is 6.66. The summed E-state index contributed by atoms with van der Waals surface area (Å²) in [5, 5.41) is 4.50. The molecule has 148 valence electrons. The number of fused-ring (bicyclic) bond motifs is 2. The molecule has 0 bridgehead atoms. The molecule has 1 amide bonds. The summed E-state index contributed by atoms with van der Waals surface area (Å²) in [4.78, 5) is 30.1. The van der Waals surface area contributed by atoms with Crippen LogP contribution in [0.5, 0.6) is 0 Å². The van der Waals surface area contributed by atoms with Crippen molar-refractivity contribution in [1.29, 1.82) is 0 Å². The molecule has 2 aromatic rings. The number of rotatable bonds is 4. The molecule has 1 saturated carbocycles. The lowest BCUT2D eigenvalue weighted by atomic mass is 9.79. The zero-order chi connectivity index (χ0) is 19.7. The summed E-state index contributed by atoms with van der Waals surface area (Å²) in [6.45, 7) is 0.484. The van der Waals surface area contributed by atoms with Crippen molar-refractivity contribution in [3.05, 3.63) is 40.0 Å². The number of ether oxygens (including phenoxy) is 1. The summed E-state index contributed by atoms with van der Waals surface area (Å²) in [5.74, 6) is -0.272. The van der Waals surface area contributed by atoms with Gasteiger partial charge in [-0.25, -0.2) is 0 Å². The van der Waals surface area contributed by atoms with Gasteiger partial charge in [0.25, 0.3) is 5.91 Å². The van der Waals surface area contributed by atoms with E-state index >= 15 is 0 Å². The van der Waals surface area contributed by atoms with E-state index in [1.165, 1.54) is 7.11 Å². The SMILES string of the molecule is COC(=O)C1CCCCC1CNC(=O)c1c2c(nc3ccc(Cl)cc13)CCC2. The van der Waals surface area contributed by atoms with Crippen molar-refractivity contribution in [2.24, 2.45) is 11.8 Å².